The van der Waals surface area contributed by atoms with Gasteiger partial charge in [-0.15, -0.1) is 0 Å². The number of fused-ring (bicyclic) bond motifs is 1. The van der Waals surface area contributed by atoms with Crippen LogP contribution in [0.25, 0.3) is 6.08 Å². The number of carbonyl (C=O) groups is 2. The summed E-state index contributed by atoms with van der Waals surface area (Å²) in [5.74, 6) is -13.9. The molecule has 186 valence electrons. The van der Waals surface area contributed by atoms with Crippen LogP contribution >= 0.6 is 0 Å². The number of ketones is 1. The SMILES string of the molecule is COc1ccc(/C=C2\Oc3cc(OC(=O)C(C)Oc4c(F)c(F)c(F)c(F)c4F)ccc3C2=O)cc1. The number of carbonyl (C=O) groups excluding carboxylic acids is 2. The van der Waals surface area contributed by atoms with E-state index in [4.69, 9.17) is 14.2 Å². The Bertz CT molecular complexity index is 1370. The molecule has 6 nitrogen and oxygen atoms in total. The van der Waals surface area contributed by atoms with Crippen LogP contribution in [0.4, 0.5) is 22.0 Å². The van der Waals surface area contributed by atoms with Gasteiger partial charge in [-0.1, -0.05) is 12.1 Å². The molecule has 0 aliphatic carbocycles. The van der Waals surface area contributed by atoms with E-state index in [0.29, 0.717) is 11.3 Å². The highest BCUT2D eigenvalue weighted by Gasteiger charge is 2.31. The fourth-order valence-electron chi connectivity index (χ4n) is 3.19. The van der Waals surface area contributed by atoms with E-state index in [9.17, 15) is 31.5 Å². The van der Waals surface area contributed by atoms with Gasteiger partial charge in [-0.2, -0.15) is 8.78 Å². The molecule has 1 heterocycles. The van der Waals surface area contributed by atoms with Crippen LogP contribution in [0.5, 0.6) is 23.0 Å². The summed E-state index contributed by atoms with van der Waals surface area (Å²) in [6.45, 7) is 0.990. The van der Waals surface area contributed by atoms with Crippen LogP contribution in [0, 0.1) is 29.1 Å². The molecular formula is C25H15F5O6. The van der Waals surface area contributed by atoms with Crippen molar-refractivity contribution in [2.75, 3.05) is 7.11 Å². The van der Waals surface area contributed by atoms with E-state index in [1.165, 1.54) is 31.4 Å². The number of hydrogen-bond donors (Lipinski definition) is 0. The molecule has 0 aromatic heterocycles. The molecule has 4 rings (SSSR count). The lowest BCUT2D eigenvalue weighted by Gasteiger charge is -2.15. The van der Waals surface area contributed by atoms with Crippen LogP contribution in [-0.2, 0) is 4.79 Å². The number of rotatable bonds is 6. The third-order valence-electron chi connectivity index (χ3n) is 5.07. The zero-order valence-electron chi connectivity index (χ0n) is 18.5. The molecule has 1 atom stereocenters. The van der Waals surface area contributed by atoms with Gasteiger partial charge in [0.25, 0.3) is 0 Å². The second-order valence-electron chi connectivity index (χ2n) is 7.45. The van der Waals surface area contributed by atoms with Gasteiger partial charge in [-0.25, -0.2) is 18.0 Å². The number of esters is 1. The van der Waals surface area contributed by atoms with Gasteiger partial charge in [0.05, 0.1) is 12.7 Å². The van der Waals surface area contributed by atoms with Gasteiger partial charge in [-0.05, 0) is 42.8 Å². The molecule has 3 aromatic rings. The Labute approximate surface area is 200 Å². The van der Waals surface area contributed by atoms with Crippen molar-refractivity contribution in [2.45, 2.75) is 13.0 Å². The lowest BCUT2D eigenvalue weighted by Crippen LogP contribution is -2.29. The molecule has 0 saturated heterocycles. The Morgan fingerprint density at radius 3 is 2.08 bits per heavy atom. The summed E-state index contributed by atoms with van der Waals surface area (Å²) in [6, 6.07) is 10.7. The van der Waals surface area contributed by atoms with Crippen molar-refractivity contribution in [1.29, 1.82) is 0 Å². The van der Waals surface area contributed by atoms with Gasteiger partial charge in [0, 0.05) is 6.07 Å². The first-order valence-corrected chi connectivity index (χ1v) is 10.2. The first-order chi connectivity index (χ1) is 17.1. The van der Waals surface area contributed by atoms with Crippen molar-refractivity contribution >= 4 is 17.8 Å². The van der Waals surface area contributed by atoms with E-state index in [0.717, 1.165) is 6.92 Å². The minimum atomic E-state index is -2.36. The summed E-state index contributed by atoms with van der Waals surface area (Å²) in [5, 5.41) is 0. The summed E-state index contributed by atoms with van der Waals surface area (Å²) in [6.07, 6.45) is -0.257. The normalized spacial score (nSPS) is 14.3. The van der Waals surface area contributed by atoms with Crippen molar-refractivity contribution in [3.8, 4) is 23.0 Å². The van der Waals surface area contributed by atoms with Crippen molar-refractivity contribution in [3.05, 3.63) is 88.4 Å². The highest BCUT2D eigenvalue weighted by atomic mass is 19.2. The second kappa shape index (κ2) is 9.68. The smallest absolute Gasteiger partial charge is 0.352 e. The summed E-state index contributed by atoms with van der Waals surface area (Å²) in [5.41, 5.74) is 0.859. The monoisotopic (exact) mass is 506 g/mol. The van der Waals surface area contributed by atoms with Crippen molar-refractivity contribution in [1.82, 2.24) is 0 Å². The van der Waals surface area contributed by atoms with Crippen LogP contribution in [0.3, 0.4) is 0 Å². The first-order valence-electron chi connectivity index (χ1n) is 10.2. The average Bonchev–Trinajstić information content (AvgIpc) is 3.18. The molecule has 36 heavy (non-hydrogen) atoms. The van der Waals surface area contributed by atoms with Crippen LogP contribution in [0.15, 0.2) is 48.2 Å². The molecule has 0 N–H and O–H groups in total. The number of allylic oxidation sites excluding steroid dienone is 1. The molecule has 0 bridgehead atoms. The van der Waals surface area contributed by atoms with Crippen LogP contribution in [0.2, 0.25) is 0 Å². The fraction of sp³-hybridized carbons (Fsp3) is 0.120. The van der Waals surface area contributed by atoms with E-state index in [1.54, 1.807) is 24.3 Å². The third kappa shape index (κ3) is 4.59. The zero-order valence-corrected chi connectivity index (χ0v) is 18.5. The Morgan fingerprint density at radius 1 is 0.889 bits per heavy atom. The number of halogens is 5. The summed E-state index contributed by atoms with van der Waals surface area (Å²) in [4.78, 5) is 24.9. The van der Waals surface area contributed by atoms with Gasteiger partial charge in [0.15, 0.2) is 17.6 Å². The lowest BCUT2D eigenvalue weighted by atomic mass is 10.1. The van der Waals surface area contributed by atoms with Gasteiger partial charge in [0.2, 0.25) is 34.9 Å². The summed E-state index contributed by atoms with van der Waals surface area (Å²) in [7, 11) is 1.52. The molecule has 0 spiro atoms. The molecule has 1 aliphatic rings. The van der Waals surface area contributed by atoms with E-state index in [1.807, 2.05) is 0 Å². The molecule has 3 aromatic carbocycles. The van der Waals surface area contributed by atoms with Gasteiger partial charge in [-0.3, -0.25) is 4.79 Å². The predicted molar refractivity (Wildman–Crippen MR) is 114 cm³/mol. The molecule has 0 radical (unpaired) electrons. The Balaban J connectivity index is 1.48. The molecule has 1 unspecified atom stereocenters. The molecule has 0 fully saturated rings. The van der Waals surface area contributed by atoms with Gasteiger partial charge >= 0.3 is 5.97 Å². The second-order valence-corrected chi connectivity index (χ2v) is 7.45. The minimum Gasteiger partial charge on any atom is -0.497 e. The average molecular weight is 506 g/mol. The summed E-state index contributed by atoms with van der Waals surface area (Å²) >= 11 is 0. The number of benzene rings is 3. The maximum Gasteiger partial charge on any atom is 0.352 e. The molecule has 0 saturated carbocycles. The first kappa shape index (κ1) is 24.7. The lowest BCUT2D eigenvalue weighted by molar-refractivity contribution is -0.141. The van der Waals surface area contributed by atoms with Crippen molar-refractivity contribution in [2.24, 2.45) is 0 Å². The predicted octanol–water partition coefficient (Wildman–Crippen LogP) is 5.38. The van der Waals surface area contributed by atoms with Crippen molar-refractivity contribution in [3.63, 3.8) is 0 Å². The van der Waals surface area contributed by atoms with Gasteiger partial charge < -0.3 is 18.9 Å². The van der Waals surface area contributed by atoms with Crippen molar-refractivity contribution < 1.29 is 50.5 Å². The molecular weight excluding hydrogens is 491 g/mol. The van der Waals surface area contributed by atoms with Gasteiger partial charge in [0.1, 0.15) is 17.2 Å². The summed E-state index contributed by atoms with van der Waals surface area (Å²) < 4.78 is 87.9. The van der Waals surface area contributed by atoms with E-state index >= 15 is 0 Å². The maximum absolute atomic E-state index is 13.8. The standard InChI is InChI=1S/C25H15F5O6/c1-11(34-24-21(29)19(27)18(26)20(28)22(24)30)25(32)35-14-7-8-15-16(10-14)36-17(23(15)31)9-12-3-5-13(33-2)6-4-12/h3-11H,1-2H3/b17-9-. The highest BCUT2D eigenvalue weighted by molar-refractivity contribution is 6.14. The van der Waals surface area contributed by atoms with E-state index in [-0.39, 0.29) is 22.8 Å². The largest absolute Gasteiger partial charge is 0.497 e. The number of Topliss-reactive ketones (excluding diaryl/α,β-unsaturated/α-hetero) is 1. The fourth-order valence-corrected chi connectivity index (χ4v) is 3.19. The molecule has 11 heteroatoms. The maximum atomic E-state index is 13.8. The van der Waals surface area contributed by atoms with Crippen LogP contribution < -0.4 is 18.9 Å². The van der Waals surface area contributed by atoms with Crippen LogP contribution in [-0.4, -0.2) is 25.0 Å². The molecule has 0 amide bonds. The van der Waals surface area contributed by atoms with E-state index in [2.05, 4.69) is 4.74 Å². The number of methoxy groups -OCH3 is 1. The minimum absolute atomic E-state index is 0.0154. The topological polar surface area (TPSA) is 71.1 Å². The Hall–Kier alpha value is -4.41. The number of ether oxygens (including phenoxy) is 4. The molecule has 1 aliphatic heterocycles. The van der Waals surface area contributed by atoms with E-state index < -0.39 is 52.7 Å². The quantitative estimate of drug-likeness (QED) is 0.112. The Kier molecular flexibility index (Phi) is 6.65. The highest BCUT2D eigenvalue weighted by Crippen LogP contribution is 2.35. The Morgan fingerprint density at radius 2 is 1.47 bits per heavy atom. The zero-order chi connectivity index (χ0) is 26.1. The van der Waals surface area contributed by atoms with Crippen LogP contribution in [0.1, 0.15) is 22.8 Å². The third-order valence-corrected chi connectivity index (χ3v) is 5.07. The number of hydrogen-bond acceptors (Lipinski definition) is 6.